The fraction of sp³-hybridized carbons (Fsp3) is 0.316. The molecule has 24 heavy (non-hydrogen) atoms. The molecule has 3 nitrogen and oxygen atoms in total. The molecule has 2 amide bonds. The van der Waals surface area contributed by atoms with Gasteiger partial charge < -0.3 is 10.2 Å². The number of hydrogen-bond acceptors (Lipinski definition) is 1. The van der Waals surface area contributed by atoms with Gasteiger partial charge in [0.1, 0.15) is 11.6 Å². The summed E-state index contributed by atoms with van der Waals surface area (Å²) in [5.74, 6) is -0.385. The van der Waals surface area contributed by atoms with Gasteiger partial charge in [0.15, 0.2) is 0 Å². The standard InChI is InChI=1S/C19H20F2N2O/c20-16-6-4-14(5-7-16)15-3-1-2-12-23(13-15)19(24)22-18-10-8-17(21)9-11-18/h4-11,15H,1-3,12-13H2,(H,22,24). The Balaban J connectivity index is 1.68. The van der Waals surface area contributed by atoms with Crippen molar-refractivity contribution in [1.82, 2.24) is 4.90 Å². The highest BCUT2D eigenvalue weighted by atomic mass is 19.1. The first-order valence-corrected chi connectivity index (χ1v) is 8.19. The average molecular weight is 330 g/mol. The third kappa shape index (κ3) is 4.10. The van der Waals surface area contributed by atoms with Gasteiger partial charge in [0.25, 0.3) is 0 Å². The van der Waals surface area contributed by atoms with Crippen LogP contribution in [-0.4, -0.2) is 24.0 Å². The molecule has 1 atom stereocenters. The summed E-state index contributed by atoms with van der Waals surface area (Å²) >= 11 is 0. The summed E-state index contributed by atoms with van der Waals surface area (Å²) in [6.45, 7) is 1.28. The number of halogens is 2. The SMILES string of the molecule is O=C(Nc1ccc(F)cc1)N1CCCCC(c2ccc(F)cc2)C1. The van der Waals surface area contributed by atoms with Gasteiger partial charge in [0, 0.05) is 24.7 Å². The van der Waals surface area contributed by atoms with E-state index in [1.54, 1.807) is 29.2 Å². The second-order valence-electron chi connectivity index (χ2n) is 6.13. The van der Waals surface area contributed by atoms with E-state index in [2.05, 4.69) is 5.32 Å². The number of benzene rings is 2. The molecule has 0 aliphatic carbocycles. The highest BCUT2D eigenvalue weighted by molar-refractivity contribution is 5.89. The molecule has 2 aromatic carbocycles. The van der Waals surface area contributed by atoms with Gasteiger partial charge in [-0.15, -0.1) is 0 Å². The van der Waals surface area contributed by atoms with Gasteiger partial charge in [-0.1, -0.05) is 18.6 Å². The molecule has 5 heteroatoms. The number of amides is 2. The van der Waals surface area contributed by atoms with Crippen molar-refractivity contribution in [3.05, 3.63) is 65.7 Å². The molecule has 0 radical (unpaired) electrons. The summed E-state index contributed by atoms with van der Waals surface area (Å²) in [7, 11) is 0. The first kappa shape index (κ1) is 16.4. The van der Waals surface area contributed by atoms with Gasteiger partial charge in [0.05, 0.1) is 0 Å². The van der Waals surface area contributed by atoms with E-state index in [4.69, 9.17) is 0 Å². The van der Waals surface area contributed by atoms with Crippen molar-refractivity contribution < 1.29 is 13.6 Å². The quantitative estimate of drug-likeness (QED) is 0.845. The molecule has 1 heterocycles. The van der Waals surface area contributed by atoms with Crippen molar-refractivity contribution in [2.75, 3.05) is 18.4 Å². The summed E-state index contributed by atoms with van der Waals surface area (Å²) in [5.41, 5.74) is 1.63. The Labute approximate surface area is 140 Å². The minimum atomic E-state index is -0.334. The van der Waals surface area contributed by atoms with Gasteiger partial charge in [-0.2, -0.15) is 0 Å². The normalized spacial score (nSPS) is 18.1. The van der Waals surface area contributed by atoms with Crippen molar-refractivity contribution in [2.45, 2.75) is 25.2 Å². The molecule has 0 bridgehead atoms. The van der Waals surface area contributed by atoms with Crippen LogP contribution in [0.5, 0.6) is 0 Å². The smallest absolute Gasteiger partial charge is 0.321 e. The summed E-state index contributed by atoms with van der Waals surface area (Å²) in [6.07, 6.45) is 2.95. The van der Waals surface area contributed by atoms with Crippen molar-refractivity contribution in [3.8, 4) is 0 Å². The predicted octanol–water partition coefficient (Wildman–Crippen LogP) is 4.77. The van der Waals surface area contributed by atoms with Crippen LogP contribution in [0.4, 0.5) is 19.3 Å². The molecule has 0 spiro atoms. The number of nitrogens with zero attached hydrogens (tertiary/aromatic N) is 1. The highest BCUT2D eigenvalue weighted by Crippen LogP contribution is 2.27. The van der Waals surface area contributed by atoms with E-state index >= 15 is 0 Å². The monoisotopic (exact) mass is 330 g/mol. The Kier molecular flexibility index (Phi) is 5.08. The molecule has 126 valence electrons. The van der Waals surface area contributed by atoms with Gasteiger partial charge in [0.2, 0.25) is 0 Å². The number of carbonyl (C=O) groups excluding carboxylic acids is 1. The second kappa shape index (κ2) is 7.43. The molecular formula is C19H20F2N2O. The Morgan fingerprint density at radius 3 is 2.25 bits per heavy atom. The summed E-state index contributed by atoms with van der Waals surface area (Å²) in [6, 6.07) is 12.1. The van der Waals surface area contributed by atoms with Gasteiger partial charge >= 0.3 is 6.03 Å². The maximum Gasteiger partial charge on any atom is 0.321 e. The topological polar surface area (TPSA) is 32.3 Å². The van der Waals surface area contributed by atoms with Crippen LogP contribution in [0.2, 0.25) is 0 Å². The fourth-order valence-electron chi connectivity index (χ4n) is 3.07. The van der Waals surface area contributed by atoms with Crippen LogP contribution >= 0.6 is 0 Å². The molecule has 1 aliphatic heterocycles. The summed E-state index contributed by atoms with van der Waals surface area (Å²) < 4.78 is 26.1. The first-order valence-electron chi connectivity index (χ1n) is 8.19. The fourth-order valence-corrected chi connectivity index (χ4v) is 3.07. The number of nitrogens with one attached hydrogen (secondary N) is 1. The van der Waals surface area contributed by atoms with E-state index in [1.165, 1.54) is 24.3 Å². The number of urea groups is 1. The van der Waals surface area contributed by atoms with Crippen molar-refractivity contribution in [1.29, 1.82) is 0 Å². The van der Waals surface area contributed by atoms with E-state index in [0.29, 0.717) is 18.8 Å². The van der Waals surface area contributed by atoms with E-state index in [1.807, 2.05) is 0 Å². The van der Waals surface area contributed by atoms with E-state index in [0.717, 1.165) is 24.8 Å². The van der Waals surface area contributed by atoms with E-state index in [9.17, 15) is 13.6 Å². The van der Waals surface area contributed by atoms with Gasteiger partial charge in [-0.3, -0.25) is 0 Å². The molecule has 0 saturated carbocycles. The van der Waals surface area contributed by atoms with Crippen LogP contribution in [0, 0.1) is 11.6 Å². The Morgan fingerprint density at radius 1 is 0.958 bits per heavy atom. The third-order valence-corrected chi connectivity index (χ3v) is 4.40. The third-order valence-electron chi connectivity index (χ3n) is 4.40. The number of rotatable bonds is 2. The molecule has 3 rings (SSSR count). The maximum absolute atomic E-state index is 13.1. The average Bonchev–Trinajstić information content (AvgIpc) is 2.84. The molecule has 0 aromatic heterocycles. The van der Waals surface area contributed by atoms with Crippen LogP contribution in [0.15, 0.2) is 48.5 Å². The highest BCUT2D eigenvalue weighted by Gasteiger charge is 2.23. The lowest BCUT2D eigenvalue weighted by Crippen LogP contribution is -2.37. The van der Waals surface area contributed by atoms with Crippen LogP contribution in [0.1, 0.15) is 30.7 Å². The van der Waals surface area contributed by atoms with E-state index < -0.39 is 0 Å². The lowest BCUT2D eigenvalue weighted by Gasteiger charge is -2.25. The molecule has 1 unspecified atom stereocenters. The molecule has 1 fully saturated rings. The summed E-state index contributed by atoms with van der Waals surface area (Å²) in [4.78, 5) is 14.3. The summed E-state index contributed by atoms with van der Waals surface area (Å²) in [5, 5.41) is 2.81. The zero-order chi connectivity index (χ0) is 16.9. The maximum atomic E-state index is 13.1. The van der Waals surface area contributed by atoms with Crippen molar-refractivity contribution in [3.63, 3.8) is 0 Å². The lowest BCUT2D eigenvalue weighted by molar-refractivity contribution is 0.211. The first-order chi connectivity index (χ1) is 11.6. The predicted molar refractivity (Wildman–Crippen MR) is 90.0 cm³/mol. The minimum Gasteiger partial charge on any atom is -0.324 e. The molecule has 1 N–H and O–H groups in total. The van der Waals surface area contributed by atoms with Crippen LogP contribution in [0.3, 0.4) is 0 Å². The number of likely N-dealkylation sites (tertiary alicyclic amines) is 1. The lowest BCUT2D eigenvalue weighted by atomic mass is 9.94. The zero-order valence-corrected chi connectivity index (χ0v) is 13.3. The van der Waals surface area contributed by atoms with Gasteiger partial charge in [-0.25, -0.2) is 13.6 Å². The van der Waals surface area contributed by atoms with E-state index in [-0.39, 0.29) is 23.6 Å². The Bertz CT molecular complexity index is 686. The van der Waals surface area contributed by atoms with Crippen LogP contribution in [-0.2, 0) is 0 Å². The largest absolute Gasteiger partial charge is 0.324 e. The van der Waals surface area contributed by atoms with Gasteiger partial charge in [-0.05, 0) is 54.8 Å². The Morgan fingerprint density at radius 2 is 1.58 bits per heavy atom. The number of hydrogen-bond donors (Lipinski definition) is 1. The Hall–Kier alpha value is -2.43. The zero-order valence-electron chi connectivity index (χ0n) is 13.3. The second-order valence-corrected chi connectivity index (χ2v) is 6.13. The number of carbonyl (C=O) groups is 1. The minimum absolute atomic E-state index is 0.185. The van der Waals surface area contributed by atoms with Crippen molar-refractivity contribution in [2.24, 2.45) is 0 Å². The van der Waals surface area contributed by atoms with Crippen LogP contribution in [0.25, 0.3) is 0 Å². The van der Waals surface area contributed by atoms with Crippen LogP contribution < -0.4 is 5.32 Å². The molecular weight excluding hydrogens is 310 g/mol. The molecule has 1 aliphatic rings. The van der Waals surface area contributed by atoms with Crippen molar-refractivity contribution >= 4 is 11.7 Å². The molecule has 1 saturated heterocycles. The molecule has 2 aromatic rings. The number of anilines is 1.